The maximum Gasteiger partial charge on any atom is 0.407 e. The van der Waals surface area contributed by atoms with E-state index in [0.717, 1.165) is 27.8 Å². The van der Waals surface area contributed by atoms with Crippen molar-refractivity contribution in [1.29, 1.82) is 0 Å². The Morgan fingerprint density at radius 1 is 0.829 bits per heavy atom. The van der Waals surface area contributed by atoms with E-state index in [0.29, 0.717) is 0 Å². The summed E-state index contributed by atoms with van der Waals surface area (Å²) in [6.07, 6.45) is -1.18. The Kier molecular flexibility index (Phi) is 7.17. The van der Waals surface area contributed by atoms with Gasteiger partial charge in [-0.15, -0.1) is 0 Å². The first-order valence-electron chi connectivity index (χ1n) is 13.7. The zero-order valence-corrected chi connectivity index (χ0v) is 22.3. The van der Waals surface area contributed by atoms with Crippen LogP contribution in [0.1, 0.15) is 29.0 Å². The minimum atomic E-state index is -1.20. The van der Waals surface area contributed by atoms with Crippen LogP contribution in [0.4, 0.5) is 4.79 Å². The second kappa shape index (κ2) is 11.1. The van der Waals surface area contributed by atoms with E-state index in [9.17, 15) is 24.3 Å². The minimum Gasteiger partial charge on any atom is -0.481 e. The molecular weight excluding hydrogens is 524 g/mol. The zero-order chi connectivity index (χ0) is 28.5. The fourth-order valence-corrected chi connectivity index (χ4v) is 6.24. The molecule has 210 valence electrons. The van der Waals surface area contributed by atoms with Crippen LogP contribution >= 0.6 is 0 Å². The number of hydrogen-bond acceptors (Lipinski definition) is 6. The van der Waals surface area contributed by atoms with Crippen molar-refractivity contribution in [3.05, 3.63) is 95.6 Å². The number of fused-ring (bicyclic) bond motifs is 4. The van der Waals surface area contributed by atoms with Crippen molar-refractivity contribution < 1.29 is 33.8 Å². The molecule has 2 aliphatic carbocycles. The number of amides is 2. The highest BCUT2D eigenvalue weighted by Crippen LogP contribution is 2.52. The third kappa shape index (κ3) is 5.39. The van der Waals surface area contributed by atoms with E-state index < -0.39 is 35.9 Å². The maximum atomic E-state index is 13.4. The van der Waals surface area contributed by atoms with Gasteiger partial charge in [-0.3, -0.25) is 14.4 Å². The lowest BCUT2D eigenvalue weighted by atomic mass is 9.98. The van der Waals surface area contributed by atoms with Crippen LogP contribution in [0.5, 0.6) is 0 Å². The van der Waals surface area contributed by atoms with Crippen LogP contribution in [-0.2, 0) is 30.5 Å². The van der Waals surface area contributed by atoms with Gasteiger partial charge in [-0.2, -0.15) is 0 Å². The highest BCUT2D eigenvalue weighted by molar-refractivity contribution is 5.90. The molecule has 4 atom stereocenters. The third-order valence-electron chi connectivity index (χ3n) is 8.34. The van der Waals surface area contributed by atoms with Crippen LogP contribution < -0.4 is 5.32 Å². The van der Waals surface area contributed by atoms with Crippen molar-refractivity contribution in [2.45, 2.75) is 25.0 Å². The Morgan fingerprint density at radius 2 is 1.41 bits per heavy atom. The lowest BCUT2D eigenvalue weighted by molar-refractivity contribution is -0.148. The number of carboxylic acid groups (broad SMARTS) is 1. The van der Waals surface area contributed by atoms with Crippen molar-refractivity contribution in [3.63, 3.8) is 0 Å². The van der Waals surface area contributed by atoms with Crippen LogP contribution in [0.15, 0.2) is 78.9 Å². The molecule has 9 nitrogen and oxygen atoms in total. The van der Waals surface area contributed by atoms with Gasteiger partial charge in [0.2, 0.25) is 5.91 Å². The number of alkyl carbamates (subject to hydrolysis) is 1. The molecule has 1 saturated carbocycles. The molecule has 1 heterocycles. The van der Waals surface area contributed by atoms with Gasteiger partial charge in [0.1, 0.15) is 19.3 Å². The number of ether oxygens (including phenoxy) is 2. The Hall–Kier alpha value is -4.66. The average molecular weight is 555 g/mol. The van der Waals surface area contributed by atoms with E-state index >= 15 is 0 Å². The van der Waals surface area contributed by atoms with Gasteiger partial charge >= 0.3 is 18.0 Å². The summed E-state index contributed by atoms with van der Waals surface area (Å²) in [4.78, 5) is 52.0. The molecular formula is C32H30N2O7. The first kappa shape index (κ1) is 26.6. The topological polar surface area (TPSA) is 122 Å². The number of piperidine rings is 1. The Morgan fingerprint density at radius 3 is 2.02 bits per heavy atom. The van der Waals surface area contributed by atoms with Crippen molar-refractivity contribution >= 4 is 23.9 Å². The lowest BCUT2D eigenvalue weighted by Crippen LogP contribution is -2.50. The molecule has 0 radical (unpaired) electrons. The second-order valence-corrected chi connectivity index (χ2v) is 10.8. The van der Waals surface area contributed by atoms with Crippen LogP contribution in [0.25, 0.3) is 11.1 Å². The van der Waals surface area contributed by atoms with E-state index in [1.165, 1.54) is 4.90 Å². The number of nitrogens with one attached hydrogen (secondary N) is 1. The van der Waals surface area contributed by atoms with Gasteiger partial charge < -0.3 is 24.8 Å². The number of rotatable bonds is 9. The molecule has 1 saturated heterocycles. The fourth-order valence-electron chi connectivity index (χ4n) is 6.24. The van der Waals surface area contributed by atoms with Gasteiger partial charge in [-0.05, 0) is 39.7 Å². The number of hydrogen-bond donors (Lipinski definition) is 2. The SMILES string of the molecule is O=C(C[C@H](NC(=O)OCC1c2ccccc2-c2ccccc21)C(=O)N1C[C@@H]2C(C(=O)O)[C@@H]2C1)OCc1ccccc1. The standard InChI is InChI=1S/C32H30N2O7/c35-28(40-17-19-8-2-1-3-9-19)14-27(30(36)34-15-24-25(16-34)29(24)31(37)38)33-32(39)41-18-26-22-12-6-4-10-20(22)21-11-5-7-13-23(21)26/h1-13,24-27,29H,14-18H2,(H,33,39)(H,37,38)/t24-,25+,27-,29?/m0/s1. The summed E-state index contributed by atoms with van der Waals surface area (Å²) in [5.41, 5.74) is 5.11. The molecule has 9 heteroatoms. The Bertz CT molecular complexity index is 1430. The Labute approximate surface area is 237 Å². The normalized spacial score (nSPS) is 20.8. The Balaban J connectivity index is 1.11. The first-order valence-corrected chi connectivity index (χ1v) is 13.7. The predicted molar refractivity (Wildman–Crippen MR) is 148 cm³/mol. The molecule has 1 aliphatic heterocycles. The van der Waals surface area contributed by atoms with Gasteiger partial charge in [0.05, 0.1) is 12.3 Å². The summed E-state index contributed by atoms with van der Waals surface area (Å²) in [6.45, 7) is 0.665. The molecule has 0 spiro atoms. The molecule has 2 amide bonds. The molecule has 41 heavy (non-hydrogen) atoms. The molecule has 0 aromatic heterocycles. The van der Waals surface area contributed by atoms with E-state index in [2.05, 4.69) is 5.32 Å². The van der Waals surface area contributed by atoms with Gasteiger partial charge in [-0.1, -0.05) is 78.9 Å². The molecule has 2 N–H and O–H groups in total. The highest BCUT2D eigenvalue weighted by atomic mass is 16.5. The van der Waals surface area contributed by atoms with Gasteiger partial charge in [0, 0.05) is 19.0 Å². The van der Waals surface area contributed by atoms with Crippen molar-refractivity contribution in [2.24, 2.45) is 17.8 Å². The largest absolute Gasteiger partial charge is 0.481 e. The summed E-state index contributed by atoms with van der Waals surface area (Å²) < 4.78 is 11.0. The number of esters is 1. The van der Waals surface area contributed by atoms with E-state index in [1.54, 1.807) is 0 Å². The minimum absolute atomic E-state index is 0.0414. The summed E-state index contributed by atoms with van der Waals surface area (Å²) >= 11 is 0. The lowest BCUT2D eigenvalue weighted by Gasteiger charge is -2.25. The fraction of sp³-hybridized carbons (Fsp3) is 0.312. The number of carbonyl (C=O) groups is 4. The second-order valence-electron chi connectivity index (χ2n) is 10.8. The number of nitrogens with zero attached hydrogens (tertiary/aromatic N) is 1. The summed E-state index contributed by atoms with van der Waals surface area (Å²) in [5.74, 6) is -2.75. The van der Waals surface area contributed by atoms with Gasteiger partial charge in [-0.25, -0.2) is 4.79 Å². The van der Waals surface area contributed by atoms with E-state index in [4.69, 9.17) is 9.47 Å². The van der Waals surface area contributed by atoms with Crippen molar-refractivity contribution in [2.75, 3.05) is 19.7 Å². The zero-order valence-electron chi connectivity index (χ0n) is 22.3. The number of carboxylic acids is 1. The number of aliphatic carboxylic acids is 1. The van der Waals surface area contributed by atoms with Crippen LogP contribution in [-0.4, -0.2) is 59.7 Å². The van der Waals surface area contributed by atoms with Gasteiger partial charge in [0.15, 0.2) is 0 Å². The first-order chi connectivity index (χ1) is 19.9. The number of carbonyl (C=O) groups excluding carboxylic acids is 3. The number of likely N-dealkylation sites (tertiary alicyclic amines) is 1. The average Bonchev–Trinajstić information content (AvgIpc) is 3.33. The van der Waals surface area contributed by atoms with Crippen molar-refractivity contribution in [3.8, 4) is 11.1 Å². The van der Waals surface area contributed by atoms with Crippen LogP contribution in [0.3, 0.4) is 0 Å². The molecule has 0 bridgehead atoms. The molecule has 2 fully saturated rings. The highest BCUT2D eigenvalue weighted by Gasteiger charge is 2.61. The molecule has 3 aromatic rings. The molecule has 3 aromatic carbocycles. The molecule has 3 aliphatic rings. The molecule has 6 rings (SSSR count). The quantitative estimate of drug-likeness (QED) is 0.386. The van der Waals surface area contributed by atoms with Gasteiger partial charge in [0.25, 0.3) is 0 Å². The number of benzene rings is 3. The van der Waals surface area contributed by atoms with Crippen LogP contribution in [0.2, 0.25) is 0 Å². The van der Waals surface area contributed by atoms with E-state index in [1.807, 2.05) is 78.9 Å². The smallest absolute Gasteiger partial charge is 0.407 e. The van der Waals surface area contributed by atoms with E-state index in [-0.39, 0.29) is 50.5 Å². The third-order valence-corrected chi connectivity index (χ3v) is 8.34. The molecule has 1 unspecified atom stereocenters. The van der Waals surface area contributed by atoms with Crippen LogP contribution in [0, 0.1) is 17.8 Å². The summed E-state index contributed by atoms with van der Waals surface area (Å²) in [7, 11) is 0. The van der Waals surface area contributed by atoms with Crippen molar-refractivity contribution in [1.82, 2.24) is 10.2 Å². The summed E-state index contributed by atoms with van der Waals surface area (Å²) in [5, 5.41) is 11.9. The predicted octanol–water partition coefficient (Wildman–Crippen LogP) is 3.82. The maximum absolute atomic E-state index is 13.4. The summed E-state index contributed by atoms with van der Waals surface area (Å²) in [6, 6.07) is 23.9. The monoisotopic (exact) mass is 554 g/mol.